The van der Waals surface area contributed by atoms with Gasteiger partial charge in [-0.05, 0) is 19.8 Å². The highest BCUT2D eigenvalue weighted by Crippen LogP contribution is 2.33. The number of H-pyrrole nitrogens is 1. The molecule has 108 valence electrons. The number of hydrogen-bond acceptors (Lipinski definition) is 4. The van der Waals surface area contributed by atoms with E-state index in [2.05, 4.69) is 10.1 Å². The van der Waals surface area contributed by atoms with Crippen LogP contribution in [0.25, 0.3) is 0 Å². The Morgan fingerprint density at radius 3 is 2.79 bits per heavy atom. The molecular formula is C10H15F4N5. The first-order chi connectivity index (χ1) is 8.84. The smallest absolute Gasteiger partial charge is 0.335 e. The largest absolute Gasteiger partial charge is 0.365 e. The monoisotopic (exact) mass is 281 g/mol. The number of nitrogens with zero attached hydrogens (tertiary/aromatic N) is 3. The van der Waals surface area contributed by atoms with E-state index in [1.165, 1.54) is 0 Å². The second-order valence-corrected chi connectivity index (χ2v) is 4.65. The van der Waals surface area contributed by atoms with Gasteiger partial charge in [0.2, 0.25) is 11.8 Å². The van der Waals surface area contributed by atoms with Crippen molar-refractivity contribution in [2.45, 2.75) is 44.2 Å². The molecule has 1 saturated heterocycles. The molecule has 3 N–H and O–H groups in total. The minimum atomic E-state index is -4.33. The van der Waals surface area contributed by atoms with Crippen LogP contribution in [-0.4, -0.2) is 40.2 Å². The summed E-state index contributed by atoms with van der Waals surface area (Å²) in [5.74, 6) is -5.46. The summed E-state index contributed by atoms with van der Waals surface area (Å²) in [7, 11) is 0. The quantitative estimate of drug-likeness (QED) is 0.823. The van der Waals surface area contributed by atoms with Crippen LogP contribution in [-0.2, 0) is 5.92 Å². The molecular weight excluding hydrogens is 266 g/mol. The van der Waals surface area contributed by atoms with Crippen LogP contribution in [0.1, 0.15) is 25.6 Å². The van der Waals surface area contributed by atoms with E-state index in [-0.39, 0.29) is 18.0 Å². The van der Waals surface area contributed by atoms with Crippen LogP contribution in [0.2, 0.25) is 0 Å². The van der Waals surface area contributed by atoms with E-state index >= 15 is 0 Å². The van der Waals surface area contributed by atoms with Gasteiger partial charge in [0, 0.05) is 18.6 Å². The van der Waals surface area contributed by atoms with Gasteiger partial charge in [-0.1, -0.05) is 0 Å². The second kappa shape index (κ2) is 4.95. The highest BCUT2D eigenvalue weighted by atomic mass is 19.3. The molecule has 0 amide bonds. The molecule has 1 aromatic heterocycles. The summed E-state index contributed by atoms with van der Waals surface area (Å²) in [6.07, 6.45) is -2.22. The fourth-order valence-corrected chi connectivity index (χ4v) is 2.09. The molecule has 0 aromatic carbocycles. The van der Waals surface area contributed by atoms with E-state index < -0.39 is 18.2 Å². The van der Waals surface area contributed by atoms with Crippen LogP contribution >= 0.6 is 0 Å². The molecule has 0 bridgehead atoms. The van der Waals surface area contributed by atoms with Crippen molar-refractivity contribution in [1.82, 2.24) is 15.2 Å². The van der Waals surface area contributed by atoms with E-state index in [1.54, 1.807) is 4.90 Å². The van der Waals surface area contributed by atoms with Crippen LogP contribution in [0.15, 0.2) is 0 Å². The standard InChI is InChI=1S/C10H15F4N5/c1-5-6(15)3-2-4-19(5)9-16-8(17-18-9)10(13,14)7(11)12/h5-7H,2-4,15H2,1H3,(H,16,17,18). The Balaban J connectivity index is 2.21. The number of nitrogens with one attached hydrogen (secondary N) is 1. The molecule has 1 fully saturated rings. The van der Waals surface area contributed by atoms with Crippen LogP contribution < -0.4 is 10.6 Å². The summed E-state index contributed by atoms with van der Waals surface area (Å²) in [4.78, 5) is 5.13. The molecule has 2 atom stereocenters. The summed E-state index contributed by atoms with van der Waals surface area (Å²) < 4.78 is 50.6. The number of halogens is 4. The molecule has 5 nitrogen and oxygen atoms in total. The zero-order valence-electron chi connectivity index (χ0n) is 10.3. The first-order valence-electron chi connectivity index (χ1n) is 5.95. The molecule has 0 saturated carbocycles. The SMILES string of the molecule is CC1C(N)CCCN1c1n[nH]c(C(F)(F)C(F)F)n1. The number of piperidine rings is 1. The third-order valence-corrected chi connectivity index (χ3v) is 3.37. The van der Waals surface area contributed by atoms with Crippen LogP contribution in [0.5, 0.6) is 0 Å². The number of anilines is 1. The maximum Gasteiger partial charge on any atom is 0.365 e. The third-order valence-electron chi connectivity index (χ3n) is 3.37. The van der Waals surface area contributed by atoms with E-state index in [0.29, 0.717) is 6.54 Å². The Bertz CT molecular complexity index is 435. The zero-order chi connectivity index (χ0) is 14.2. The molecule has 9 heteroatoms. The predicted octanol–water partition coefficient (Wildman–Crippen LogP) is 1.48. The maximum atomic E-state index is 13.1. The van der Waals surface area contributed by atoms with Gasteiger partial charge in [0.05, 0.1) is 0 Å². The van der Waals surface area contributed by atoms with Crippen LogP contribution in [0, 0.1) is 0 Å². The van der Waals surface area contributed by atoms with Crippen molar-refractivity contribution in [3.05, 3.63) is 5.82 Å². The van der Waals surface area contributed by atoms with Crippen molar-refractivity contribution in [2.24, 2.45) is 5.73 Å². The van der Waals surface area contributed by atoms with Gasteiger partial charge in [-0.15, -0.1) is 5.10 Å². The van der Waals surface area contributed by atoms with E-state index in [4.69, 9.17) is 5.73 Å². The third kappa shape index (κ3) is 2.51. The van der Waals surface area contributed by atoms with Crippen molar-refractivity contribution in [3.63, 3.8) is 0 Å². The maximum absolute atomic E-state index is 13.1. The first-order valence-corrected chi connectivity index (χ1v) is 5.95. The van der Waals surface area contributed by atoms with Gasteiger partial charge in [0.25, 0.3) is 0 Å². The summed E-state index contributed by atoms with van der Waals surface area (Å²) >= 11 is 0. The molecule has 1 aromatic rings. The Kier molecular flexibility index (Phi) is 3.66. The summed E-state index contributed by atoms with van der Waals surface area (Å²) in [5.41, 5.74) is 5.87. The molecule has 0 aliphatic carbocycles. The first kappa shape index (κ1) is 14.0. The van der Waals surface area contributed by atoms with Crippen LogP contribution in [0.4, 0.5) is 23.5 Å². The number of aromatic amines is 1. The van der Waals surface area contributed by atoms with Gasteiger partial charge in [-0.3, -0.25) is 5.10 Å². The second-order valence-electron chi connectivity index (χ2n) is 4.65. The van der Waals surface area contributed by atoms with Gasteiger partial charge < -0.3 is 10.6 Å². The number of aromatic nitrogens is 3. The molecule has 2 heterocycles. The van der Waals surface area contributed by atoms with Crippen molar-refractivity contribution < 1.29 is 17.6 Å². The molecule has 1 aliphatic heterocycles. The molecule has 2 rings (SSSR count). The van der Waals surface area contributed by atoms with Crippen molar-refractivity contribution >= 4 is 5.95 Å². The Morgan fingerprint density at radius 2 is 2.16 bits per heavy atom. The normalized spacial score (nSPS) is 25.1. The average Bonchev–Trinajstić information content (AvgIpc) is 2.82. The fourth-order valence-electron chi connectivity index (χ4n) is 2.09. The Morgan fingerprint density at radius 1 is 1.47 bits per heavy atom. The molecule has 19 heavy (non-hydrogen) atoms. The minimum Gasteiger partial charge on any atom is -0.335 e. The van der Waals surface area contributed by atoms with Gasteiger partial charge in [0.1, 0.15) is 0 Å². The lowest BCUT2D eigenvalue weighted by molar-refractivity contribution is -0.140. The lowest BCUT2D eigenvalue weighted by atomic mass is 9.99. The lowest BCUT2D eigenvalue weighted by Gasteiger charge is -2.36. The molecule has 2 unspecified atom stereocenters. The van der Waals surface area contributed by atoms with E-state index in [1.807, 2.05) is 12.0 Å². The Hall–Kier alpha value is -1.38. The molecule has 0 spiro atoms. The highest BCUT2D eigenvalue weighted by molar-refractivity contribution is 5.33. The fraction of sp³-hybridized carbons (Fsp3) is 0.800. The average molecular weight is 281 g/mol. The van der Waals surface area contributed by atoms with Crippen molar-refractivity contribution in [2.75, 3.05) is 11.4 Å². The summed E-state index contributed by atoms with van der Waals surface area (Å²) in [5, 5.41) is 5.48. The number of rotatable bonds is 3. The molecule has 1 aliphatic rings. The van der Waals surface area contributed by atoms with Gasteiger partial charge >= 0.3 is 12.3 Å². The number of nitrogens with two attached hydrogens (primary N) is 1. The van der Waals surface area contributed by atoms with Gasteiger partial charge in [-0.25, -0.2) is 8.78 Å². The van der Waals surface area contributed by atoms with Gasteiger partial charge in [0.15, 0.2) is 0 Å². The lowest BCUT2D eigenvalue weighted by Crippen LogP contribution is -2.51. The van der Waals surface area contributed by atoms with Crippen molar-refractivity contribution in [3.8, 4) is 0 Å². The topological polar surface area (TPSA) is 70.8 Å². The predicted molar refractivity (Wildman–Crippen MR) is 60.3 cm³/mol. The highest BCUT2D eigenvalue weighted by Gasteiger charge is 2.46. The zero-order valence-corrected chi connectivity index (χ0v) is 10.3. The van der Waals surface area contributed by atoms with E-state index in [0.717, 1.165) is 12.8 Å². The van der Waals surface area contributed by atoms with Gasteiger partial charge in [-0.2, -0.15) is 13.8 Å². The number of hydrogen-bond donors (Lipinski definition) is 2. The minimum absolute atomic E-state index is 0.0158. The Labute approximate surface area is 107 Å². The van der Waals surface area contributed by atoms with E-state index in [9.17, 15) is 17.6 Å². The van der Waals surface area contributed by atoms with Crippen molar-refractivity contribution in [1.29, 1.82) is 0 Å². The van der Waals surface area contributed by atoms with Crippen LogP contribution in [0.3, 0.4) is 0 Å². The summed E-state index contributed by atoms with van der Waals surface area (Å²) in [6, 6.07) is -0.246. The molecule has 0 radical (unpaired) electrons. The number of alkyl halides is 4. The summed E-state index contributed by atoms with van der Waals surface area (Å²) in [6.45, 7) is 2.39.